The van der Waals surface area contributed by atoms with E-state index in [1.54, 1.807) is 18.4 Å². The number of ether oxygens (including phenoxy) is 2. The minimum absolute atomic E-state index is 0.639. The summed E-state index contributed by atoms with van der Waals surface area (Å²) in [6.45, 7) is 8.50. The van der Waals surface area contributed by atoms with Crippen LogP contribution in [0.25, 0.3) is 0 Å². The molecule has 7 heteroatoms. The zero-order chi connectivity index (χ0) is 16.8. The Bertz CT molecular complexity index is 437. The Labute approximate surface area is 143 Å². The van der Waals surface area contributed by atoms with Crippen LogP contribution in [0.3, 0.4) is 0 Å². The molecule has 1 rings (SSSR count). The molecule has 0 spiro atoms. The molecule has 0 atom stereocenters. The van der Waals surface area contributed by atoms with Crippen LogP contribution in [0.1, 0.15) is 30.5 Å². The summed E-state index contributed by atoms with van der Waals surface area (Å²) in [7, 11) is 1.77. The first-order valence-electron chi connectivity index (χ1n) is 8.27. The second kappa shape index (κ2) is 13.3. The van der Waals surface area contributed by atoms with Crippen molar-refractivity contribution in [1.82, 2.24) is 15.6 Å². The van der Waals surface area contributed by atoms with E-state index < -0.39 is 0 Å². The molecule has 0 fully saturated rings. The molecular formula is C16H30N4O2S. The van der Waals surface area contributed by atoms with Gasteiger partial charge in [-0.15, -0.1) is 11.3 Å². The molecule has 6 nitrogen and oxygen atoms in total. The molecule has 0 aliphatic carbocycles. The minimum Gasteiger partial charge on any atom is -0.379 e. The molecule has 0 aliphatic heterocycles. The van der Waals surface area contributed by atoms with Gasteiger partial charge in [0.15, 0.2) is 5.96 Å². The van der Waals surface area contributed by atoms with Crippen molar-refractivity contribution in [2.45, 2.75) is 33.1 Å². The number of unbranched alkanes of at least 4 members (excludes halogenated alkanes) is 1. The largest absolute Gasteiger partial charge is 0.379 e. The van der Waals surface area contributed by atoms with Crippen LogP contribution in [-0.4, -0.2) is 57.5 Å². The SMILES string of the molecule is CCCCOCCOCCNC(=NC)NCCc1csc(C)n1. The van der Waals surface area contributed by atoms with Gasteiger partial charge in [0.2, 0.25) is 0 Å². The molecular weight excluding hydrogens is 312 g/mol. The van der Waals surface area contributed by atoms with Gasteiger partial charge in [-0.2, -0.15) is 0 Å². The molecule has 1 aromatic heterocycles. The Morgan fingerprint density at radius 2 is 1.91 bits per heavy atom. The second-order valence-electron chi connectivity index (χ2n) is 5.11. The third-order valence-electron chi connectivity index (χ3n) is 3.12. The normalized spacial score (nSPS) is 11.7. The van der Waals surface area contributed by atoms with Crippen LogP contribution in [-0.2, 0) is 15.9 Å². The van der Waals surface area contributed by atoms with E-state index in [-0.39, 0.29) is 0 Å². The van der Waals surface area contributed by atoms with E-state index in [0.29, 0.717) is 19.8 Å². The predicted octanol–water partition coefficient (Wildman–Crippen LogP) is 1.99. The molecule has 0 aromatic carbocycles. The van der Waals surface area contributed by atoms with E-state index in [0.717, 1.165) is 49.2 Å². The Hall–Kier alpha value is -1.18. The standard InChI is InChI=1S/C16H30N4O2S/c1-4-5-9-21-11-12-22-10-8-19-16(17-3)18-7-6-15-13-23-14(2)20-15/h13H,4-12H2,1-3H3,(H2,17,18,19). The maximum Gasteiger partial charge on any atom is 0.191 e. The fraction of sp³-hybridized carbons (Fsp3) is 0.750. The van der Waals surface area contributed by atoms with Gasteiger partial charge < -0.3 is 20.1 Å². The summed E-state index contributed by atoms with van der Waals surface area (Å²) in [6, 6.07) is 0. The quantitative estimate of drug-likeness (QED) is 0.345. The molecule has 0 unspecified atom stereocenters. The number of aromatic nitrogens is 1. The molecule has 1 heterocycles. The van der Waals surface area contributed by atoms with Gasteiger partial charge >= 0.3 is 0 Å². The lowest BCUT2D eigenvalue weighted by atomic mass is 10.3. The highest BCUT2D eigenvalue weighted by Gasteiger charge is 2.00. The number of hydrogen-bond donors (Lipinski definition) is 2. The van der Waals surface area contributed by atoms with E-state index in [1.807, 2.05) is 6.92 Å². The molecule has 2 N–H and O–H groups in total. The summed E-state index contributed by atoms with van der Waals surface area (Å²) >= 11 is 1.68. The minimum atomic E-state index is 0.639. The maximum absolute atomic E-state index is 5.51. The third-order valence-corrected chi connectivity index (χ3v) is 3.94. The highest BCUT2D eigenvalue weighted by molar-refractivity contribution is 7.09. The fourth-order valence-corrected chi connectivity index (χ4v) is 2.51. The number of hydrogen-bond acceptors (Lipinski definition) is 5. The van der Waals surface area contributed by atoms with Crippen molar-refractivity contribution < 1.29 is 9.47 Å². The average Bonchev–Trinajstić information content (AvgIpc) is 2.97. The molecule has 1 aromatic rings. The van der Waals surface area contributed by atoms with Gasteiger partial charge in [0.1, 0.15) is 0 Å². The number of aryl methyl sites for hydroxylation is 1. The van der Waals surface area contributed by atoms with Gasteiger partial charge in [-0.05, 0) is 13.3 Å². The molecule has 132 valence electrons. The van der Waals surface area contributed by atoms with Crippen LogP contribution >= 0.6 is 11.3 Å². The average molecular weight is 343 g/mol. The van der Waals surface area contributed by atoms with Crippen molar-refractivity contribution in [3.63, 3.8) is 0 Å². The van der Waals surface area contributed by atoms with Crippen LogP contribution in [0.4, 0.5) is 0 Å². The first kappa shape index (κ1) is 19.9. The lowest BCUT2D eigenvalue weighted by Gasteiger charge is -2.11. The molecule has 0 radical (unpaired) electrons. The van der Waals surface area contributed by atoms with E-state index in [1.165, 1.54) is 6.42 Å². The van der Waals surface area contributed by atoms with Crippen LogP contribution in [0.15, 0.2) is 10.4 Å². The van der Waals surface area contributed by atoms with Gasteiger partial charge in [0.05, 0.1) is 30.5 Å². The van der Waals surface area contributed by atoms with Gasteiger partial charge in [-0.3, -0.25) is 4.99 Å². The number of guanidine groups is 1. The van der Waals surface area contributed by atoms with E-state index in [4.69, 9.17) is 9.47 Å². The third kappa shape index (κ3) is 10.3. The summed E-state index contributed by atoms with van der Waals surface area (Å²) in [5.41, 5.74) is 1.13. The molecule has 23 heavy (non-hydrogen) atoms. The van der Waals surface area contributed by atoms with Crippen molar-refractivity contribution >= 4 is 17.3 Å². The van der Waals surface area contributed by atoms with Gasteiger partial charge in [-0.1, -0.05) is 13.3 Å². The lowest BCUT2D eigenvalue weighted by molar-refractivity contribution is 0.0487. The molecule has 0 aliphatic rings. The summed E-state index contributed by atoms with van der Waals surface area (Å²) in [5, 5.41) is 9.71. The second-order valence-corrected chi connectivity index (χ2v) is 6.17. The van der Waals surface area contributed by atoms with Crippen molar-refractivity contribution in [3.05, 3.63) is 16.1 Å². The van der Waals surface area contributed by atoms with Crippen LogP contribution in [0.5, 0.6) is 0 Å². The van der Waals surface area contributed by atoms with E-state index in [9.17, 15) is 0 Å². The number of nitrogens with one attached hydrogen (secondary N) is 2. The zero-order valence-corrected chi connectivity index (χ0v) is 15.4. The van der Waals surface area contributed by atoms with E-state index in [2.05, 4.69) is 32.9 Å². The van der Waals surface area contributed by atoms with Crippen molar-refractivity contribution in [2.75, 3.05) is 46.6 Å². The first-order chi connectivity index (χ1) is 11.3. The topological polar surface area (TPSA) is 67.8 Å². The first-order valence-corrected chi connectivity index (χ1v) is 9.15. The lowest BCUT2D eigenvalue weighted by Crippen LogP contribution is -2.39. The van der Waals surface area contributed by atoms with Crippen molar-refractivity contribution in [1.29, 1.82) is 0 Å². The zero-order valence-electron chi connectivity index (χ0n) is 14.6. The highest BCUT2D eigenvalue weighted by atomic mass is 32.1. The molecule has 0 saturated carbocycles. The number of aliphatic imine (C=N–C) groups is 1. The van der Waals surface area contributed by atoms with E-state index >= 15 is 0 Å². The maximum atomic E-state index is 5.51. The number of thiazole rings is 1. The number of nitrogens with zero attached hydrogens (tertiary/aromatic N) is 2. The van der Waals surface area contributed by atoms with Crippen molar-refractivity contribution in [2.24, 2.45) is 4.99 Å². The summed E-state index contributed by atoms with van der Waals surface area (Å²) in [5.74, 6) is 0.791. The van der Waals surface area contributed by atoms with Crippen LogP contribution in [0.2, 0.25) is 0 Å². The fourth-order valence-electron chi connectivity index (χ4n) is 1.86. The highest BCUT2D eigenvalue weighted by Crippen LogP contribution is 2.07. The van der Waals surface area contributed by atoms with Gasteiger partial charge in [-0.25, -0.2) is 4.98 Å². The Balaban J connectivity index is 1.97. The Morgan fingerprint density at radius 3 is 2.57 bits per heavy atom. The molecule has 0 saturated heterocycles. The Morgan fingerprint density at radius 1 is 1.17 bits per heavy atom. The van der Waals surface area contributed by atoms with Crippen LogP contribution in [0, 0.1) is 6.92 Å². The van der Waals surface area contributed by atoms with Gasteiger partial charge in [0.25, 0.3) is 0 Å². The molecule has 0 amide bonds. The summed E-state index contributed by atoms with van der Waals surface area (Å²) in [4.78, 5) is 8.63. The number of rotatable bonds is 12. The van der Waals surface area contributed by atoms with Crippen molar-refractivity contribution in [3.8, 4) is 0 Å². The van der Waals surface area contributed by atoms with Crippen LogP contribution < -0.4 is 10.6 Å². The predicted molar refractivity (Wildman–Crippen MR) is 96.5 cm³/mol. The summed E-state index contributed by atoms with van der Waals surface area (Å²) < 4.78 is 10.9. The molecule has 0 bridgehead atoms. The monoisotopic (exact) mass is 342 g/mol. The Kier molecular flexibility index (Phi) is 11.5. The summed E-state index contributed by atoms with van der Waals surface area (Å²) in [6.07, 6.45) is 3.18. The van der Waals surface area contributed by atoms with Gasteiger partial charge in [0, 0.05) is 38.5 Å². The smallest absolute Gasteiger partial charge is 0.191 e.